The lowest BCUT2D eigenvalue weighted by atomic mass is 9.82. The maximum Gasteiger partial charge on any atom is 0.168 e. The second-order valence-electron chi connectivity index (χ2n) is 8.45. The van der Waals surface area contributed by atoms with Crippen molar-refractivity contribution in [2.75, 3.05) is 0 Å². The van der Waals surface area contributed by atoms with Crippen LogP contribution in [0.25, 0.3) is 28.2 Å². The topological polar surface area (TPSA) is 30.7 Å². The number of rotatable bonds is 4. The van der Waals surface area contributed by atoms with Crippen LogP contribution in [-0.4, -0.2) is 14.8 Å². The summed E-state index contributed by atoms with van der Waals surface area (Å²) < 4.78 is 2.28. The third kappa shape index (κ3) is 3.68. The van der Waals surface area contributed by atoms with E-state index in [9.17, 15) is 0 Å². The molecule has 30 heavy (non-hydrogen) atoms. The van der Waals surface area contributed by atoms with Crippen LogP contribution in [0.4, 0.5) is 0 Å². The Balaban J connectivity index is 1.55. The van der Waals surface area contributed by atoms with Gasteiger partial charge in [-0.25, -0.2) is 0 Å². The zero-order valence-electron chi connectivity index (χ0n) is 17.4. The Morgan fingerprint density at radius 2 is 1.20 bits per heavy atom. The van der Waals surface area contributed by atoms with Gasteiger partial charge in [0, 0.05) is 17.2 Å². The number of nitrogens with zero attached hydrogens (tertiary/aromatic N) is 3. The minimum Gasteiger partial charge on any atom is -0.279 e. The highest BCUT2D eigenvalue weighted by atomic mass is 15.3. The predicted octanol–water partition coefficient (Wildman–Crippen LogP) is 6.90. The third-order valence-corrected chi connectivity index (χ3v) is 6.33. The van der Waals surface area contributed by atoms with Gasteiger partial charge in [0.2, 0.25) is 0 Å². The summed E-state index contributed by atoms with van der Waals surface area (Å²) >= 11 is 0. The van der Waals surface area contributed by atoms with Crippen molar-refractivity contribution in [3.8, 4) is 28.2 Å². The molecule has 150 valence electrons. The van der Waals surface area contributed by atoms with E-state index >= 15 is 0 Å². The minimum atomic E-state index is 0.478. The van der Waals surface area contributed by atoms with Crippen LogP contribution in [0.5, 0.6) is 0 Å². The lowest BCUT2D eigenvalue weighted by molar-refractivity contribution is 0.337. The number of hydrogen-bond donors (Lipinski definition) is 0. The summed E-state index contributed by atoms with van der Waals surface area (Å²) in [6, 6.07) is 29.7. The van der Waals surface area contributed by atoms with E-state index in [0.29, 0.717) is 5.92 Å². The fourth-order valence-electron chi connectivity index (χ4n) is 4.54. The van der Waals surface area contributed by atoms with Crippen LogP contribution >= 0.6 is 0 Å². The van der Waals surface area contributed by atoms with Crippen molar-refractivity contribution in [3.05, 3.63) is 90.8 Å². The van der Waals surface area contributed by atoms with E-state index in [0.717, 1.165) is 28.8 Å². The van der Waals surface area contributed by atoms with E-state index in [1.54, 1.807) is 0 Å². The number of aromatic nitrogens is 3. The third-order valence-electron chi connectivity index (χ3n) is 6.33. The molecule has 0 saturated heterocycles. The van der Waals surface area contributed by atoms with E-state index in [-0.39, 0.29) is 0 Å². The van der Waals surface area contributed by atoms with Crippen LogP contribution in [0.1, 0.15) is 44.3 Å². The second kappa shape index (κ2) is 8.27. The SMILES string of the molecule is CC1CCC(c2nnc(-c3ccc(-c4ccccc4)cc3)n2-c2ccccc2)CC1. The van der Waals surface area contributed by atoms with Gasteiger partial charge in [0.25, 0.3) is 0 Å². The van der Waals surface area contributed by atoms with Gasteiger partial charge in [-0.2, -0.15) is 0 Å². The molecule has 1 fully saturated rings. The van der Waals surface area contributed by atoms with Crippen molar-refractivity contribution >= 4 is 0 Å². The van der Waals surface area contributed by atoms with Crippen molar-refractivity contribution < 1.29 is 0 Å². The molecule has 1 aliphatic carbocycles. The Morgan fingerprint density at radius 3 is 1.87 bits per heavy atom. The van der Waals surface area contributed by atoms with Crippen molar-refractivity contribution in [3.63, 3.8) is 0 Å². The van der Waals surface area contributed by atoms with Crippen molar-refractivity contribution in [2.45, 2.75) is 38.5 Å². The molecule has 0 spiro atoms. The normalized spacial score (nSPS) is 19.0. The molecule has 3 nitrogen and oxygen atoms in total. The minimum absolute atomic E-state index is 0.478. The van der Waals surface area contributed by atoms with Gasteiger partial charge in [-0.15, -0.1) is 10.2 Å². The molecular weight excluding hydrogens is 366 g/mol. The number of benzene rings is 3. The lowest BCUT2D eigenvalue weighted by Crippen LogP contribution is -2.15. The maximum atomic E-state index is 4.71. The van der Waals surface area contributed by atoms with E-state index < -0.39 is 0 Å². The molecule has 0 N–H and O–H groups in total. The molecule has 0 aliphatic heterocycles. The summed E-state index contributed by atoms with van der Waals surface area (Å²) in [7, 11) is 0. The van der Waals surface area contributed by atoms with E-state index in [4.69, 9.17) is 5.10 Å². The highest BCUT2D eigenvalue weighted by Crippen LogP contribution is 2.37. The lowest BCUT2D eigenvalue weighted by Gasteiger charge is -2.26. The summed E-state index contributed by atoms with van der Waals surface area (Å²) in [5, 5.41) is 9.38. The van der Waals surface area contributed by atoms with Gasteiger partial charge in [-0.05, 0) is 42.0 Å². The first-order chi connectivity index (χ1) is 14.8. The largest absolute Gasteiger partial charge is 0.279 e. The molecule has 0 atom stereocenters. The van der Waals surface area contributed by atoms with Crippen molar-refractivity contribution in [1.82, 2.24) is 14.8 Å². The molecule has 4 aromatic rings. The second-order valence-corrected chi connectivity index (χ2v) is 8.45. The first kappa shape index (κ1) is 18.8. The van der Waals surface area contributed by atoms with Gasteiger partial charge in [0.05, 0.1) is 0 Å². The van der Waals surface area contributed by atoms with Crippen molar-refractivity contribution in [1.29, 1.82) is 0 Å². The quantitative estimate of drug-likeness (QED) is 0.378. The zero-order valence-corrected chi connectivity index (χ0v) is 17.4. The summed E-state index contributed by atoms with van der Waals surface area (Å²) in [5.41, 5.74) is 4.68. The molecule has 1 heterocycles. The van der Waals surface area contributed by atoms with Crippen LogP contribution in [0.2, 0.25) is 0 Å². The highest BCUT2D eigenvalue weighted by molar-refractivity contribution is 5.68. The Kier molecular flexibility index (Phi) is 5.18. The van der Waals surface area contributed by atoms with Gasteiger partial charge in [0.15, 0.2) is 5.82 Å². The molecular formula is C27H27N3. The monoisotopic (exact) mass is 393 g/mol. The predicted molar refractivity (Wildman–Crippen MR) is 123 cm³/mol. The molecule has 1 saturated carbocycles. The van der Waals surface area contributed by atoms with Gasteiger partial charge in [-0.1, -0.05) is 92.6 Å². The standard InChI is InChI=1S/C27H27N3/c1-20-12-14-23(15-13-20)26-28-29-27(30(26)25-10-6-3-7-11-25)24-18-16-22(17-19-24)21-8-4-2-5-9-21/h2-11,16-20,23H,12-15H2,1H3. The number of hydrogen-bond acceptors (Lipinski definition) is 2. The van der Waals surface area contributed by atoms with Gasteiger partial charge in [-0.3, -0.25) is 4.57 Å². The fourth-order valence-corrected chi connectivity index (χ4v) is 4.54. The molecule has 5 rings (SSSR count). The molecule has 0 radical (unpaired) electrons. The first-order valence-corrected chi connectivity index (χ1v) is 11.0. The van der Waals surface area contributed by atoms with E-state index in [1.807, 2.05) is 6.07 Å². The first-order valence-electron chi connectivity index (χ1n) is 11.0. The Bertz CT molecular complexity index is 1090. The average molecular weight is 394 g/mol. The van der Waals surface area contributed by atoms with Gasteiger partial charge < -0.3 is 0 Å². The van der Waals surface area contributed by atoms with Crippen molar-refractivity contribution in [2.24, 2.45) is 5.92 Å². The molecule has 0 bridgehead atoms. The van der Waals surface area contributed by atoms with Gasteiger partial charge in [0.1, 0.15) is 5.82 Å². The molecule has 3 aromatic carbocycles. The van der Waals surface area contributed by atoms with E-state index in [2.05, 4.69) is 95.5 Å². The fraction of sp³-hybridized carbons (Fsp3) is 0.259. The summed E-state index contributed by atoms with van der Waals surface area (Å²) in [6.45, 7) is 2.36. The maximum absolute atomic E-state index is 4.71. The zero-order chi connectivity index (χ0) is 20.3. The Morgan fingerprint density at radius 1 is 0.633 bits per heavy atom. The van der Waals surface area contributed by atoms with Crippen LogP contribution in [-0.2, 0) is 0 Å². The number of para-hydroxylation sites is 1. The Labute approximate surface area is 178 Å². The van der Waals surface area contributed by atoms with Crippen LogP contribution < -0.4 is 0 Å². The summed E-state index contributed by atoms with van der Waals surface area (Å²) in [5.74, 6) is 3.33. The Hall–Kier alpha value is -3.20. The average Bonchev–Trinajstić information content (AvgIpc) is 3.26. The summed E-state index contributed by atoms with van der Waals surface area (Å²) in [4.78, 5) is 0. The van der Waals surface area contributed by atoms with E-state index in [1.165, 1.54) is 36.8 Å². The molecule has 1 aromatic heterocycles. The highest BCUT2D eigenvalue weighted by Gasteiger charge is 2.26. The molecule has 1 aliphatic rings. The van der Waals surface area contributed by atoms with Crippen LogP contribution in [0, 0.1) is 5.92 Å². The van der Waals surface area contributed by atoms with Crippen LogP contribution in [0.3, 0.4) is 0 Å². The smallest absolute Gasteiger partial charge is 0.168 e. The molecule has 0 amide bonds. The van der Waals surface area contributed by atoms with Crippen LogP contribution in [0.15, 0.2) is 84.9 Å². The molecule has 0 unspecified atom stereocenters. The van der Waals surface area contributed by atoms with Gasteiger partial charge >= 0.3 is 0 Å². The molecule has 3 heteroatoms. The summed E-state index contributed by atoms with van der Waals surface area (Å²) in [6.07, 6.45) is 4.93.